The normalized spacial score (nSPS) is 32.2. The number of hydrogen-bond donors (Lipinski definition) is 1. The van der Waals surface area contributed by atoms with Gasteiger partial charge in [0, 0.05) is 12.6 Å². The topological polar surface area (TPSA) is 12.0 Å². The molecule has 0 heterocycles. The van der Waals surface area contributed by atoms with Crippen LogP contribution in [0.4, 0.5) is 4.39 Å². The smallest absolute Gasteiger partial charge is 0.126 e. The van der Waals surface area contributed by atoms with Gasteiger partial charge in [-0.15, -0.1) is 0 Å². The highest BCUT2D eigenvalue weighted by molar-refractivity contribution is 5.21. The summed E-state index contributed by atoms with van der Waals surface area (Å²) in [5.74, 6) is 1.65. The molecule has 0 spiro atoms. The SMILES string of the molecule is CC(C)NCC1(Cc2ccccc2F)CC2CCC1C2. The van der Waals surface area contributed by atoms with Crippen molar-refractivity contribution in [2.75, 3.05) is 6.54 Å². The van der Waals surface area contributed by atoms with Gasteiger partial charge in [0.2, 0.25) is 0 Å². The van der Waals surface area contributed by atoms with Crippen molar-refractivity contribution in [2.24, 2.45) is 17.3 Å². The molecule has 2 saturated carbocycles. The summed E-state index contributed by atoms with van der Waals surface area (Å²) in [5, 5.41) is 3.63. The molecule has 110 valence electrons. The van der Waals surface area contributed by atoms with Crippen molar-refractivity contribution in [2.45, 2.75) is 52.0 Å². The van der Waals surface area contributed by atoms with E-state index in [0.29, 0.717) is 6.04 Å². The molecule has 2 bridgehead atoms. The average molecular weight is 275 g/mol. The van der Waals surface area contributed by atoms with E-state index in [2.05, 4.69) is 19.2 Å². The molecule has 2 heteroatoms. The molecule has 1 N–H and O–H groups in total. The van der Waals surface area contributed by atoms with Gasteiger partial charge in [-0.1, -0.05) is 38.5 Å². The number of fused-ring (bicyclic) bond motifs is 2. The second kappa shape index (κ2) is 5.48. The van der Waals surface area contributed by atoms with Gasteiger partial charge in [0.25, 0.3) is 0 Å². The van der Waals surface area contributed by atoms with Gasteiger partial charge >= 0.3 is 0 Å². The van der Waals surface area contributed by atoms with Gasteiger partial charge < -0.3 is 5.32 Å². The molecule has 3 rings (SSSR count). The van der Waals surface area contributed by atoms with E-state index < -0.39 is 0 Å². The molecular formula is C18H26FN. The fraction of sp³-hybridized carbons (Fsp3) is 0.667. The predicted molar refractivity (Wildman–Crippen MR) is 81.1 cm³/mol. The standard InChI is InChI=1S/C18H26FN/c1-13(2)20-12-18(10-14-7-8-16(18)9-14)11-15-5-3-4-6-17(15)19/h3-6,13-14,16,20H,7-12H2,1-2H3. The Balaban J connectivity index is 1.81. The molecule has 3 atom stereocenters. The van der Waals surface area contributed by atoms with E-state index in [0.717, 1.165) is 30.4 Å². The lowest BCUT2D eigenvalue weighted by Crippen LogP contribution is -2.42. The summed E-state index contributed by atoms with van der Waals surface area (Å²) in [6.07, 6.45) is 6.30. The Kier molecular flexibility index (Phi) is 3.85. The quantitative estimate of drug-likeness (QED) is 0.850. The summed E-state index contributed by atoms with van der Waals surface area (Å²) >= 11 is 0. The second-order valence-corrected chi connectivity index (χ2v) is 7.25. The van der Waals surface area contributed by atoms with Crippen LogP contribution in [0.1, 0.15) is 45.1 Å². The first-order valence-corrected chi connectivity index (χ1v) is 8.06. The third kappa shape index (κ3) is 2.63. The third-order valence-corrected chi connectivity index (χ3v) is 5.47. The molecule has 2 fully saturated rings. The molecule has 1 aromatic carbocycles. The Morgan fingerprint density at radius 1 is 1.30 bits per heavy atom. The van der Waals surface area contributed by atoms with Crippen LogP contribution in [0.2, 0.25) is 0 Å². The van der Waals surface area contributed by atoms with Crippen LogP contribution in [0.3, 0.4) is 0 Å². The fourth-order valence-corrected chi connectivity index (χ4v) is 4.48. The van der Waals surface area contributed by atoms with E-state index in [1.54, 1.807) is 12.1 Å². The van der Waals surface area contributed by atoms with Crippen molar-refractivity contribution in [1.29, 1.82) is 0 Å². The zero-order chi connectivity index (χ0) is 14.2. The second-order valence-electron chi connectivity index (χ2n) is 7.25. The summed E-state index contributed by atoms with van der Waals surface area (Å²) in [7, 11) is 0. The first-order valence-electron chi connectivity index (χ1n) is 8.06. The lowest BCUT2D eigenvalue weighted by molar-refractivity contribution is 0.151. The van der Waals surface area contributed by atoms with Crippen LogP contribution < -0.4 is 5.32 Å². The van der Waals surface area contributed by atoms with Gasteiger partial charge in [-0.25, -0.2) is 4.39 Å². The van der Waals surface area contributed by atoms with Crippen molar-refractivity contribution in [3.63, 3.8) is 0 Å². The molecule has 3 unspecified atom stereocenters. The van der Waals surface area contributed by atoms with Crippen LogP contribution >= 0.6 is 0 Å². The molecule has 0 aliphatic heterocycles. The van der Waals surface area contributed by atoms with Gasteiger partial charge in [0.15, 0.2) is 0 Å². The Hall–Kier alpha value is -0.890. The van der Waals surface area contributed by atoms with Crippen molar-refractivity contribution < 1.29 is 4.39 Å². The highest BCUT2D eigenvalue weighted by Gasteiger charge is 2.50. The first-order chi connectivity index (χ1) is 9.59. The molecule has 2 aliphatic rings. The van der Waals surface area contributed by atoms with E-state index in [-0.39, 0.29) is 11.2 Å². The molecule has 1 aromatic rings. The van der Waals surface area contributed by atoms with Gasteiger partial charge in [0.05, 0.1) is 0 Å². The lowest BCUT2D eigenvalue weighted by atomic mass is 9.69. The Bertz CT molecular complexity index is 470. The van der Waals surface area contributed by atoms with Crippen LogP contribution in [0.5, 0.6) is 0 Å². The summed E-state index contributed by atoms with van der Waals surface area (Å²) in [6, 6.07) is 7.84. The summed E-state index contributed by atoms with van der Waals surface area (Å²) in [4.78, 5) is 0. The van der Waals surface area contributed by atoms with Gasteiger partial charge in [-0.2, -0.15) is 0 Å². The zero-order valence-corrected chi connectivity index (χ0v) is 12.7. The van der Waals surface area contributed by atoms with Gasteiger partial charge in [-0.3, -0.25) is 0 Å². The van der Waals surface area contributed by atoms with Crippen molar-refractivity contribution in [1.82, 2.24) is 5.32 Å². The molecule has 0 aromatic heterocycles. The average Bonchev–Trinajstić information content (AvgIpc) is 3.00. The maximum Gasteiger partial charge on any atom is 0.126 e. The number of halogens is 1. The third-order valence-electron chi connectivity index (χ3n) is 5.47. The van der Waals surface area contributed by atoms with E-state index >= 15 is 0 Å². The van der Waals surface area contributed by atoms with Crippen molar-refractivity contribution >= 4 is 0 Å². The zero-order valence-electron chi connectivity index (χ0n) is 12.7. The van der Waals surface area contributed by atoms with Gasteiger partial charge in [-0.05, 0) is 54.6 Å². The molecule has 2 aliphatic carbocycles. The maximum atomic E-state index is 14.0. The van der Waals surface area contributed by atoms with Crippen molar-refractivity contribution in [3.05, 3.63) is 35.6 Å². The molecule has 0 amide bonds. The molecule has 0 radical (unpaired) electrons. The number of benzene rings is 1. The minimum absolute atomic E-state index is 0.0285. The van der Waals surface area contributed by atoms with Crippen LogP contribution in [0.25, 0.3) is 0 Å². The number of rotatable bonds is 5. The highest BCUT2D eigenvalue weighted by Crippen LogP contribution is 2.57. The van der Waals surface area contributed by atoms with Crippen LogP contribution in [-0.4, -0.2) is 12.6 Å². The first kappa shape index (κ1) is 14.1. The molecule has 20 heavy (non-hydrogen) atoms. The van der Waals surface area contributed by atoms with Crippen LogP contribution in [-0.2, 0) is 6.42 Å². The molecular weight excluding hydrogens is 249 g/mol. The van der Waals surface area contributed by atoms with E-state index in [1.807, 2.05) is 12.1 Å². The summed E-state index contributed by atoms with van der Waals surface area (Å²) in [5.41, 5.74) is 1.20. The Labute approximate surface area is 122 Å². The summed E-state index contributed by atoms with van der Waals surface area (Å²) < 4.78 is 14.0. The lowest BCUT2D eigenvalue weighted by Gasteiger charge is -2.39. The Morgan fingerprint density at radius 2 is 2.10 bits per heavy atom. The Morgan fingerprint density at radius 3 is 2.70 bits per heavy atom. The fourth-order valence-electron chi connectivity index (χ4n) is 4.48. The van der Waals surface area contributed by atoms with Crippen molar-refractivity contribution in [3.8, 4) is 0 Å². The minimum atomic E-state index is -0.0285. The largest absolute Gasteiger partial charge is 0.314 e. The van der Waals surface area contributed by atoms with Crippen LogP contribution in [0.15, 0.2) is 24.3 Å². The summed E-state index contributed by atoms with van der Waals surface area (Å²) in [6.45, 7) is 5.44. The van der Waals surface area contributed by atoms with E-state index in [1.165, 1.54) is 25.7 Å². The number of hydrogen-bond acceptors (Lipinski definition) is 1. The van der Waals surface area contributed by atoms with E-state index in [9.17, 15) is 4.39 Å². The molecule has 1 nitrogen and oxygen atoms in total. The minimum Gasteiger partial charge on any atom is -0.314 e. The number of nitrogens with one attached hydrogen (secondary N) is 1. The highest BCUT2D eigenvalue weighted by atomic mass is 19.1. The molecule has 0 saturated heterocycles. The maximum absolute atomic E-state index is 14.0. The van der Waals surface area contributed by atoms with Crippen LogP contribution in [0, 0.1) is 23.1 Å². The van der Waals surface area contributed by atoms with Gasteiger partial charge in [0.1, 0.15) is 5.82 Å². The van der Waals surface area contributed by atoms with E-state index in [4.69, 9.17) is 0 Å². The predicted octanol–water partition coefficient (Wildman–Crippen LogP) is 4.17. The monoisotopic (exact) mass is 275 g/mol.